The number of nitrogens with one attached hydrogen (secondary N) is 3. The molecule has 1 aliphatic heterocycles. The predicted molar refractivity (Wildman–Crippen MR) is 175 cm³/mol. The van der Waals surface area contributed by atoms with Crippen LogP contribution in [-0.4, -0.2) is 43.5 Å². The smallest absolute Gasteiger partial charge is 0.338 e. The summed E-state index contributed by atoms with van der Waals surface area (Å²) in [6, 6.07) is 17.3. The molecule has 3 N–H and O–H groups in total. The Morgan fingerprint density at radius 3 is 2.59 bits per heavy atom. The van der Waals surface area contributed by atoms with Crippen LogP contribution in [0.25, 0.3) is 0 Å². The molecule has 1 aliphatic rings. The monoisotopic (exact) mass is 700 g/mol. The zero-order valence-electron chi connectivity index (χ0n) is 24.1. The number of para-hydroxylation sites is 1. The summed E-state index contributed by atoms with van der Waals surface area (Å²) >= 11 is 14.8. The van der Waals surface area contributed by atoms with Crippen LogP contribution >= 0.6 is 39.7 Å². The number of allylic oxidation sites excluding steroid dienone is 1. The molecule has 0 aromatic heterocycles. The Morgan fingerprint density at radius 1 is 1.11 bits per heavy atom. The highest BCUT2D eigenvalue weighted by Crippen LogP contribution is 2.35. The van der Waals surface area contributed by atoms with E-state index >= 15 is 0 Å². The van der Waals surface area contributed by atoms with Crippen molar-refractivity contribution in [3.63, 3.8) is 0 Å². The molecule has 0 spiro atoms. The molecule has 230 valence electrons. The number of ether oxygens (including phenoxy) is 4. The fourth-order valence-electron chi connectivity index (χ4n) is 4.33. The molecule has 0 saturated heterocycles. The van der Waals surface area contributed by atoms with E-state index in [0.717, 1.165) is 10.0 Å². The number of nitrogens with zero attached hydrogens (tertiary/aromatic N) is 1. The highest BCUT2D eigenvalue weighted by Gasteiger charge is 2.32. The van der Waals surface area contributed by atoms with Gasteiger partial charge < -0.3 is 29.6 Å². The number of thiocarbonyl (C=S) groups is 1. The van der Waals surface area contributed by atoms with Gasteiger partial charge in [0.2, 0.25) is 0 Å². The second kappa shape index (κ2) is 15.6. The molecule has 1 atom stereocenters. The van der Waals surface area contributed by atoms with Crippen molar-refractivity contribution in [1.29, 1.82) is 0 Å². The summed E-state index contributed by atoms with van der Waals surface area (Å²) in [6.45, 7) is 3.62. The van der Waals surface area contributed by atoms with Crippen molar-refractivity contribution in [2.45, 2.75) is 26.5 Å². The minimum Gasteiger partial charge on any atom is -0.493 e. The van der Waals surface area contributed by atoms with Gasteiger partial charge in [0.25, 0.3) is 5.91 Å². The van der Waals surface area contributed by atoms with E-state index in [9.17, 15) is 9.59 Å². The second-order valence-electron chi connectivity index (χ2n) is 9.35. The van der Waals surface area contributed by atoms with Crippen molar-refractivity contribution in [3.8, 4) is 17.2 Å². The SMILES string of the molecule is CCOC(=O)C1=C(C)NC(=S)N[C@H]1c1ccccc1OCC(=O)NN=Cc1cc(Br)cc(OC)c1OCc1ccc(Cl)cc1. The van der Waals surface area contributed by atoms with E-state index in [4.69, 9.17) is 42.8 Å². The maximum Gasteiger partial charge on any atom is 0.338 e. The quantitative estimate of drug-likeness (QED) is 0.0964. The Balaban J connectivity index is 1.45. The molecule has 10 nitrogen and oxygen atoms in total. The van der Waals surface area contributed by atoms with Gasteiger partial charge >= 0.3 is 5.97 Å². The Labute approximate surface area is 273 Å². The van der Waals surface area contributed by atoms with Gasteiger partial charge in [0.05, 0.1) is 31.5 Å². The number of hydrogen-bond donors (Lipinski definition) is 3. The summed E-state index contributed by atoms with van der Waals surface area (Å²) in [7, 11) is 1.54. The van der Waals surface area contributed by atoms with E-state index in [-0.39, 0.29) is 19.8 Å². The highest BCUT2D eigenvalue weighted by molar-refractivity contribution is 9.10. The number of carbonyl (C=O) groups is 2. The van der Waals surface area contributed by atoms with Crippen molar-refractivity contribution in [3.05, 3.63) is 98.1 Å². The molecule has 0 unspecified atom stereocenters. The van der Waals surface area contributed by atoms with Gasteiger partial charge in [-0.1, -0.05) is 57.9 Å². The molecule has 1 amide bonds. The van der Waals surface area contributed by atoms with Crippen molar-refractivity contribution in [1.82, 2.24) is 16.1 Å². The molecule has 3 aromatic carbocycles. The van der Waals surface area contributed by atoms with Crippen molar-refractivity contribution >= 4 is 63.0 Å². The normalized spacial score (nSPS) is 14.5. The third-order valence-corrected chi connectivity index (χ3v) is 7.24. The van der Waals surface area contributed by atoms with E-state index in [1.54, 1.807) is 62.4 Å². The minimum absolute atomic E-state index is 0.217. The van der Waals surface area contributed by atoms with Crippen molar-refractivity contribution in [2.24, 2.45) is 5.10 Å². The number of amides is 1. The third-order valence-electron chi connectivity index (χ3n) is 6.31. The van der Waals surface area contributed by atoms with E-state index in [1.807, 2.05) is 12.1 Å². The van der Waals surface area contributed by atoms with Gasteiger partial charge in [-0.2, -0.15) is 5.10 Å². The largest absolute Gasteiger partial charge is 0.493 e. The van der Waals surface area contributed by atoms with E-state index in [0.29, 0.717) is 49.8 Å². The highest BCUT2D eigenvalue weighted by atomic mass is 79.9. The summed E-state index contributed by atoms with van der Waals surface area (Å²) in [5, 5.41) is 11.1. The van der Waals surface area contributed by atoms with Crippen molar-refractivity contribution in [2.75, 3.05) is 20.3 Å². The fourth-order valence-corrected chi connectivity index (χ4v) is 5.18. The number of benzene rings is 3. The summed E-state index contributed by atoms with van der Waals surface area (Å²) in [4.78, 5) is 25.5. The van der Waals surface area contributed by atoms with Crippen LogP contribution < -0.4 is 30.3 Å². The van der Waals surface area contributed by atoms with Crippen LogP contribution in [0.15, 0.2) is 81.5 Å². The van der Waals surface area contributed by atoms with Gasteiger partial charge in [0.1, 0.15) is 12.4 Å². The maximum absolute atomic E-state index is 12.8. The molecular weight excluding hydrogens is 672 g/mol. The van der Waals surface area contributed by atoms with Crippen LogP contribution in [0, 0.1) is 0 Å². The number of halogens is 2. The van der Waals surface area contributed by atoms with E-state index in [2.05, 4.69) is 37.1 Å². The van der Waals surface area contributed by atoms with Gasteiger partial charge in [-0.25, -0.2) is 10.2 Å². The van der Waals surface area contributed by atoms with Crippen LogP contribution in [0.3, 0.4) is 0 Å². The third kappa shape index (κ3) is 8.49. The van der Waals surface area contributed by atoms with Gasteiger partial charge in [-0.3, -0.25) is 4.79 Å². The van der Waals surface area contributed by atoms with E-state index in [1.165, 1.54) is 13.3 Å². The van der Waals surface area contributed by atoms with Gasteiger partial charge in [-0.15, -0.1) is 0 Å². The average Bonchev–Trinajstić information content (AvgIpc) is 3.00. The maximum atomic E-state index is 12.8. The first-order chi connectivity index (χ1) is 21.2. The predicted octanol–water partition coefficient (Wildman–Crippen LogP) is 5.58. The number of rotatable bonds is 12. The molecule has 0 saturated carbocycles. The Morgan fingerprint density at radius 2 is 1.86 bits per heavy atom. The number of hydrazone groups is 1. The Hall–Kier alpha value is -4.13. The first kappa shape index (κ1) is 32.8. The summed E-state index contributed by atoms with van der Waals surface area (Å²) in [6.07, 6.45) is 1.45. The number of methoxy groups -OCH3 is 1. The summed E-state index contributed by atoms with van der Waals surface area (Å²) < 4.78 is 23.4. The summed E-state index contributed by atoms with van der Waals surface area (Å²) in [5.41, 5.74) is 5.50. The lowest BCUT2D eigenvalue weighted by Crippen LogP contribution is -2.45. The van der Waals surface area contributed by atoms with Crippen LogP contribution in [-0.2, 0) is 20.9 Å². The van der Waals surface area contributed by atoms with Crippen LogP contribution in [0.1, 0.15) is 36.6 Å². The first-order valence-electron chi connectivity index (χ1n) is 13.4. The fraction of sp³-hybridized carbons (Fsp3) is 0.226. The zero-order valence-corrected chi connectivity index (χ0v) is 27.3. The first-order valence-corrected chi connectivity index (χ1v) is 15.0. The molecule has 44 heavy (non-hydrogen) atoms. The van der Waals surface area contributed by atoms with Gasteiger partial charge in [0.15, 0.2) is 23.2 Å². The lowest BCUT2D eigenvalue weighted by Gasteiger charge is -2.30. The Kier molecular flexibility index (Phi) is 11.6. The molecule has 0 radical (unpaired) electrons. The minimum atomic E-state index is -0.641. The zero-order chi connectivity index (χ0) is 31.6. The van der Waals surface area contributed by atoms with Gasteiger partial charge in [-0.05, 0) is 62.0 Å². The molecule has 0 bridgehead atoms. The van der Waals surface area contributed by atoms with Crippen LogP contribution in [0.4, 0.5) is 0 Å². The molecule has 3 aromatic rings. The van der Waals surface area contributed by atoms with Gasteiger partial charge in [0, 0.05) is 26.3 Å². The molecule has 13 heteroatoms. The molecule has 1 heterocycles. The topological polar surface area (TPSA) is 120 Å². The summed E-state index contributed by atoms with van der Waals surface area (Å²) in [5.74, 6) is 0.325. The number of esters is 1. The second-order valence-corrected chi connectivity index (χ2v) is 11.1. The van der Waals surface area contributed by atoms with Crippen LogP contribution in [0.5, 0.6) is 17.2 Å². The molecule has 4 rings (SSSR count). The average molecular weight is 702 g/mol. The lowest BCUT2D eigenvalue weighted by atomic mass is 9.95. The van der Waals surface area contributed by atoms with Crippen molar-refractivity contribution < 1.29 is 28.5 Å². The number of carbonyl (C=O) groups excluding carboxylic acids is 2. The lowest BCUT2D eigenvalue weighted by molar-refractivity contribution is -0.139. The standard InChI is InChI=1S/C31H30BrClN4O6S/c1-4-41-30(39)27-18(2)35-31(44)36-28(27)23-7-5-6-8-24(23)42-17-26(38)37-34-15-20-13-21(32)14-25(40-3)29(20)43-16-19-9-11-22(33)12-10-19/h5-15,28H,4,16-17H2,1-3H3,(H,37,38)(H2,35,36,44)/t28-/m0/s1. The van der Waals surface area contributed by atoms with Crippen LogP contribution in [0.2, 0.25) is 5.02 Å². The number of hydrogen-bond acceptors (Lipinski definition) is 8. The molecule has 0 fully saturated rings. The molecular formula is C31H30BrClN4O6S. The molecule has 0 aliphatic carbocycles. The Bertz CT molecular complexity index is 1600. The van der Waals surface area contributed by atoms with E-state index < -0.39 is 17.9 Å².